The second-order valence-corrected chi connectivity index (χ2v) is 3.33. The summed E-state index contributed by atoms with van der Waals surface area (Å²) in [5.41, 5.74) is 0.464. The SMILES string of the molecule is C=C/C(C)=C\C(F)=C/C(C)OC(F)(F)C(F)F. The third-order valence-electron chi connectivity index (χ3n) is 1.68. The smallest absolute Gasteiger partial charge is 0.309 e. The van der Waals surface area contributed by atoms with Crippen LogP contribution in [0.2, 0.25) is 0 Å². The lowest BCUT2D eigenvalue weighted by Crippen LogP contribution is -2.33. The number of rotatable bonds is 6. The molecule has 0 rings (SSSR count). The second kappa shape index (κ2) is 6.54. The average Bonchev–Trinajstić information content (AvgIpc) is 2.15. The highest BCUT2D eigenvalue weighted by molar-refractivity contribution is 5.24. The number of ether oxygens (including phenoxy) is 1. The van der Waals surface area contributed by atoms with Crippen molar-refractivity contribution in [2.45, 2.75) is 32.5 Å². The first-order chi connectivity index (χ1) is 7.69. The number of alkyl halides is 4. The van der Waals surface area contributed by atoms with Gasteiger partial charge in [-0.3, -0.25) is 0 Å². The van der Waals surface area contributed by atoms with Crippen LogP contribution in [0.25, 0.3) is 0 Å². The van der Waals surface area contributed by atoms with Crippen molar-refractivity contribution in [1.82, 2.24) is 0 Å². The Kier molecular flexibility index (Phi) is 6.09. The van der Waals surface area contributed by atoms with E-state index < -0.39 is 24.5 Å². The number of hydrogen-bond acceptors (Lipinski definition) is 1. The Morgan fingerprint density at radius 3 is 2.29 bits per heavy atom. The fraction of sp³-hybridized carbons (Fsp3) is 0.455. The quantitative estimate of drug-likeness (QED) is 0.510. The molecule has 0 aromatic heterocycles. The molecule has 0 aliphatic heterocycles. The summed E-state index contributed by atoms with van der Waals surface area (Å²) in [5.74, 6) is -0.861. The minimum atomic E-state index is -4.59. The lowest BCUT2D eigenvalue weighted by atomic mass is 10.2. The summed E-state index contributed by atoms with van der Waals surface area (Å²) >= 11 is 0. The minimum Gasteiger partial charge on any atom is -0.309 e. The van der Waals surface area contributed by atoms with Crippen molar-refractivity contribution in [2.24, 2.45) is 0 Å². The maximum atomic E-state index is 13.1. The van der Waals surface area contributed by atoms with E-state index in [-0.39, 0.29) is 0 Å². The summed E-state index contributed by atoms with van der Waals surface area (Å²) in [5, 5.41) is 0. The molecule has 0 aliphatic carbocycles. The van der Waals surface area contributed by atoms with Gasteiger partial charge in [0.1, 0.15) is 5.83 Å². The zero-order valence-corrected chi connectivity index (χ0v) is 9.39. The maximum Gasteiger partial charge on any atom is 0.417 e. The zero-order chi connectivity index (χ0) is 13.6. The summed E-state index contributed by atoms with van der Waals surface area (Å²) < 4.78 is 65.2. The second-order valence-electron chi connectivity index (χ2n) is 3.33. The molecule has 0 spiro atoms. The van der Waals surface area contributed by atoms with E-state index in [1.165, 1.54) is 6.08 Å². The van der Waals surface area contributed by atoms with Gasteiger partial charge in [0.2, 0.25) is 0 Å². The van der Waals surface area contributed by atoms with Gasteiger partial charge in [0.05, 0.1) is 6.10 Å². The average molecular weight is 256 g/mol. The molecular weight excluding hydrogens is 243 g/mol. The van der Waals surface area contributed by atoms with E-state index in [4.69, 9.17) is 0 Å². The lowest BCUT2D eigenvalue weighted by Gasteiger charge is -2.18. The van der Waals surface area contributed by atoms with Crippen molar-refractivity contribution in [2.75, 3.05) is 0 Å². The molecule has 1 unspecified atom stereocenters. The van der Waals surface area contributed by atoms with Crippen LogP contribution in [0.5, 0.6) is 0 Å². The van der Waals surface area contributed by atoms with E-state index in [0.29, 0.717) is 11.6 Å². The normalized spacial score (nSPS) is 16.2. The first kappa shape index (κ1) is 15.8. The molecule has 98 valence electrons. The molecule has 1 nitrogen and oxygen atoms in total. The van der Waals surface area contributed by atoms with Crippen LogP contribution in [-0.2, 0) is 4.74 Å². The van der Waals surface area contributed by atoms with E-state index in [1.807, 2.05) is 0 Å². The molecule has 0 saturated heterocycles. The molecule has 1 atom stereocenters. The lowest BCUT2D eigenvalue weighted by molar-refractivity contribution is -0.309. The van der Waals surface area contributed by atoms with Crippen LogP contribution in [0, 0.1) is 0 Å². The van der Waals surface area contributed by atoms with Crippen LogP contribution < -0.4 is 0 Å². The summed E-state index contributed by atoms with van der Waals surface area (Å²) in [6.07, 6.45) is -6.98. The number of hydrogen-bond donors (Lipinski definition) is 0. The molecule has 0 bridgehead atoms. The van der Waals surface area contributed by atoms with Gasteiger partial charge in [0, 0.05) is 0 Å². The van der Waals surface area contributed by atoms with Crippen LogP contribution in [0.15, 0.2) is 36.2 Å². The molecule has 0 fully saturated rings. The summed E-state index contributed by atoms with van der Waals surface area (Å²) in [4.78, 5) is 0. The van der Waals surface area contributed by atoms with Gasteiger partial charge < -0.3 is 4.74 Å². The van der Waals surface area contributed by atoms with E-state index in [1.54, 1.807) is 6.92 Å². The number of allylic oxidation sites excluding steroid dienone is 4. The zero-order valence-electron chi connectivity index (χ0n) is 9.39. The standard InChI is InChI=1S/C11H13F5O/c1-4-7(2)5-9(12)6-8(3)17-11(15,16)10(13)14/h4-6,8,10H,1H2,2-3H3/b7-5-,9-6+. The molecule has 0 heterocycles. The predicted octanol–water partition coefficient (Wildman–Crippen LogP) is 4.24. The summed E-state index contributed by atoms with van der Waals surface area (Å²) in [6, 6.07) is 0. The molecule has 0 saturated carbocycles. The molecule has 0 amide bonds. The predicted molar refractivity (Wildman–Crippen MR) is 54.6 cm³/mol. The fourth-order valence-corrected chi connectivity index (χ4v) is 0.882. The van der Waals surface area contributed by atoms with Gasteiger partial charge in [-0.25, -0.2) is 13.2 Å². The topological polar surface area (TPSA) is 9.23 Å². The van der Waals surface area contributed by atoms with E-state index in [9.17, 15) is 22.0 Å². The van der Waals surface area contributed by atoms with Gasteiger partial charge in [-0.05, 0) is 31.6 Å². The van der Waals surface area contributed by atoms with Crippen molar-refractivity contribution < 1.29 is 26.7 Å². The van der Waals surface area contributed by atoms with Gasteiger partial charge >= 0.3 is 12.5 Å². The van der Waals surface area contributed by atoms with Crippen LogP contribution >= 0.6 is 0 Å². The highest BCUT2D eigenvalue weighted by Crippen LogP contribution is 2.26. The van der Waals surface area contributed by atoms with Gasteiger partial charge in [-0.1, -0.05) is 12.7 Å². The first-order valence-electron chi connectivity index (χ1n) is 4.71. The molecule has 0 aromatic carbocycles. The van der Waals surface area contributed by atoms with Crippen LogP contribution in [0.1, 0.15) is 13.8 Å². The van der Waals surface area contributed by atoms with Crippen molar-refractivity contribution in [3.8, 4) is 0 Å². The Hall–Kier alpha value is -1.17. The van der Waals surface area contributed by atoms with Crippen molar-refractivity contribution in [1.29, 1.82) is 0 Å². The largest absolute Gasteiger partial charge is 0.417 e. The molecule has 0 N–H and O–H groups in total. The minimum absolute atomic E-state index is 0.464. The first-order valence-corrected chi connectivity index (χ1v) is 4.71. The highest BCUT2D eigenvalue weighted by Gasteiger charge is 2.43. The van der Waals surface area contributed by atoms with Crippen LogP contribution in [-0.4, -0.2) is 18.6 Å². The molecule has 0 aromatic rings. The maximum absolute atomic E-state index is 13.1. The molecule has 17 heavy (non-hydrogen) atoms. The summed E-state index contributed by atoms with van der Waals surface area (Å²) in [7, 11) is 0. The Morgan fingerprint density at radius 1 is 1.35 bits per heavy atom. The third-order valence-corrected chi connectivity index (χ3v) is 1.68. The monoisotopic (exact) mass is 256 g/mol. The van der Waals surface area contributed by atoms with Gasteiger partial charge in [-0.15, -0.1) is 0 Å². The Morgan fingerprint density at radius 2 is 1.88 bits per heavy atom. The van der Waals surface area contributed by atoms with Crippen molar-refractivity contribution in [3.05, 3.63) is 36.2 Å². The molecule has 0 radical (unpaired) electrons. The van der Waals surface area contributed by atoms with Crippen LogP contribution in [0.3, 0.4) is 0 Å². The highest BCUT2D eigenvalue weighted by atomic mass is 19.3. The van der Waals surface area contributed by atoms with Gasteiger partial charge in [-0.2, -0.15) is 8.78 Å². The fourth-order valence-electron chi connectivity index (χ4n) is 0.882. The van der Waals surface area contributed by atoms with E-state index in [0.717, 1.165) is 13.0 Å². The van der Waals surface area contributed by atoms with Gasteiger partial charge in [0.25, 0.3) is 0 Å². The Balaban J connectivity index is 4.59. The number of halogens is 5. The van der Waals surface area contributed by atoms with Crippen LogP contribution in [0.4, 0.5) is 22.0 Å². The molecular formula is C11H13F5O. The van der Waals surface area contributed by atoms with Crippen molar-refractivity contribution in [3.63, 3.8) is 0 Å². The third kappa shape index (κ3) is 6.21. The van der Waals surface area contributed by atoms with E-state index >= 15 is 0 Å². The summed E-state index contributed by atoms with van der Waals surface area (Å²) in [6.45, 7) is 5.94. The molecule has 0 aliphatic rings. The Labute approximate surface area is 96.3 Å². The van der Waals surface area contributed by atoms with Gasteiger partial charge in [0.15, 0.2) is 0 Å². The van der Waals surface area contributed by atoms with Crippen molar-refractivity contribution >= 4 is 0 Å². The Bertz CT molecular complexity index is 320. The van der Waals surface area contributed by atoms with E-state index in [2.05, 4.69) is 11.3 Å². The molecule has 6 heteroatoms.